The molecule has 0 aromatic heterocycles. The Bertz CT molecular complexity index is 900. The summed E-state index contributed by atoms with van der Waals surface area (Å²) in [5.41, 5.74) is 1.68. The van der Waals surface area contributed by atoms with E-state index in [-0.39, 0.29) is 18.3 Å². The molecule has 1 fully saturated rings. The molecule has 1 atom stereocenters. The summed E-state index contributed by atoms with van der Waals surface area (Å²) in [5, 5.41) is 12.1. The summed E-state index contributed by atoms with van der Waals surface area (Å²) < 4.78 is 24.1. The summed E-state index contributed by atoms with van der Waals surface area (Å²) in [5.74, 6) is -0.0965. The van der Waals surface area contributed by atoms with E-state index in [1.165, 1.54) is 12.1 Å². The Morgan fingerprint density at radius 3 is 2.39 bits per heavy atom. The van der Waals surface area contributed by atoms with Gasteiger partial charge in [-0.3, -0.25) is 0 Å². The molecule has 2 aromatic carbocycles. The lowest BCUT2D eigenvalue weighted by atomic mass is 10.1. The van der Waals surface area contributed by atoms with E-state index < -0.39 is 12.1 Å². The number of nitrogens with zero attached hydrogens (tertiary/aromatic N) is 1. The highest BCUT2D eigenvalue weighted by Crippen LogP contribution is 2.29. The van der Waals surface area contributed by atoms with Crippen LogP contribution in [0.5, 0.6) is 5.75 Å². The molecule has 0 radical (unpaired) electrons. The number of ether oxygens (including phenoxy) is 2. The zero-order valence-electron chi connectivity index (χ0n) is 18.8. The van der Waals surface area contributed by atoms with E-state index in [1.54, 1.807) is 36.1 Å². The van der Waals surface area contributed by atoms with Gasteiger partial charge < -0.3 is 24.8 Å². The van der Waals surface area contributed by atoms with Crippen molar-refractivity contribution in [2.24, 2.45) is 5.92 Å². The van der Waals surface area contributed by atoms with Crippen molar-refractivity contribution in [2.75, 3.05) is 26.3 Å². The van der Waals surface area contributed by atoms with Crippen LogP contribution in [0.1, 0.15) is 30.9 Å². The van der Waals surface area contributed by atoms with E-state index in [0.717, 1.165) is 24.0 Å². The molecule has 2 N–H and O–H groups in total. The molecule has 0 bridgehead atoms. The van der Waals surface area contributed by atoms with Gasteiger partial charge in [-0.25, -0.2) is 14.0 Å². The van der Waals surface area contributed by atoms with Crippen LogP contribution < -0.4 is 10.1 Å². The number of hydrogen-bond donors (Lipinski definition) is 2. The van der Waals surface area contributed by atoms with Crippen LogP contribution in [0, 0.1) is 11.7 Å². The van der Waals surface area contributed by atoms with Crippen molar-refractivity contribution in [3.05, 3.63) is 65.5 Å². The van der Waals surface area contributed by atoms with E-state index in [0.29, 0.717) is 44.5 Å². The quantitative estimate of drug-likeness (QED) is 0.476. The van der Waals surface area contributed by atoms with Gasteiger partial charge in [0.1, 0.15) is 18.2 Å². The van der Waals surface area contributed by atoms with Crippen LogP contribution in [0.25, 0.3) is 0 Å². The largest absolute Gasteiger partial charge is 0.492 e. The Hall–Kier alpha value is -3.13. The van der Waals surface area contributed by atoms with Crippen molar-refractivity contribution in [3.63, 3.8) is 0 Å². The fourth-order valence-electron chi connectivity index (χ4n) is 3.41. The lowest BCUT2D eigenvalue weighted by molar-refractivity contribution is -0.149. The second-order valence-electron chi connectivity index (χ2n) is 8.15. The summed E-state index contributed by atoms with van der Waals surface area (Å²) in [6, 6.07) is 13.1. The van der Waals surface area contributed by atoms with E-state index in [2.05, 4.69) is 5.32 Å². The molecule has 3 rings (SSSR count). The third-order valence-corrected chi connectivity index (χ3v) is 5.44. The second kappa shape index (κ2) is 12.2. The van der Waals surface area contributed by atoms with Crippen LogP contribution in [0.4, 0.5) is 9.18 Å². The average Bonchev–Trinajstić information content (AvgIpc) is 3.62. The number of carbonyl (C=O) groups is 2. The van der Waals surface area contributed by atoms with Gasteiger partial charge in [-0.15, -0.1) is 0 Å². The maximum Gasteiger partial charge on any atom is 0.333 e. The number of carboxylic acid groups (broad SMARTS) is 1. The predicted molar refractivity (Wildman–Crippen MR) is 122 cm³/mol. The molecule has 0 saturated heterocycles. The van der Waals surface area contributed by atoms with Gasteiger partial charge in [-0.1, -0.05) is 24.3 Å². The highest BCUT2D eigenvalue weighted by atomic mass is 19.1. The molecule has 8 heteroatoms. The molecule has 2 amide bonds. The Labute approximate surface area is 193 Å². The molecule has 0 spiro atoms. The van der Waals surface area contributed by atoms with Crippen LogP contribution in [0.15, 0.2) is 48.5 Å². The molecule has 2 aromatic rings. The number of carboxylic acids is 1. The molecule has 0 heterocycles. The van der Waals surface area contributed by atoms with Crippen molar-refractivity contribution in [1.82, 2.24) is 10.2 Å². The van der Waals surface area contributed by atoms with Gasteiger partial charge in [-0.05, 0) is 61.1 Å². The number of amides is 2. The van der Waals surface area contributed by atoms with Crippen molar-refractivity contribution >= 4 is 12.0 Å². The SMILES string of the molecule is CCOC(Cc1ccc(OCCN(CC2CC2)C(=O)NCc2ccc(F)cc2)cc1)C(=O)O. The third kappa shape index (κ3) is 8.38. The fraction of sp³-hybridized carbons (Fsp3) is 0.440. The molecule has 0 aliphatic heterocycles. The van der Waals surface area contributed by atoms with Gasteiger partial charge in [0.25, 0.3) is 0 Å². The highest BCUT2D eigenvalue weighted by Gasteiger charge is 2.26. The molecular formula is C25H31FN2O5. The van der Waals surface area contributed by atoms with Gasteiger partial charge >= 0.3 is 12.0 Å². The number of carbonyl (C=O) groups excluding carboxylic acids is 1. The van der Waals surface area contributed by atoms with Gasteiger partial charge in [0.15, 0.2) is 6.10 Å². The van der Waals surface area contributed by atoms with Crippen LogP contribution in [-0.4, -0.2) is 54.4 Å². The molecule has 1 saturated carbocycles. The van der Waals surface area contributed by atoms with E-state index in [9.17, 15) is 19.1 Å². The zero-order valence-corrected chi connectivity index (χ0v) is 18.8. The number of halogens is 1. The van der Waals surface area contributed by atoms with Crippen molar-refractivity contribution in [3.8, 4) is 5.75 Å². The van der Waals surface area contributed by atoms with E-state index >= 15 is 0 Å². The zero-order chi connectivity index (χ0) is 23.6. The fourth-order valence-corrected chi connectivity index (χ4v) is 3.41. The first kappa shape index (κ1) is 24.5. The minimum absolute atomic E-state index is 0.166. The van der Waals surface area contributed by atoms with Gasteiger partial charge in [0.05, 0.1) is 6.54 Å². The first-order valence-electron chi connectivity index (χ1n) is 11.3. The monoisotopic (exact) mass is 458 g/mol. The molecule has 33 heavy (non-hydrogen) atoms. The summed E-state index contributed by atoms with van der Waals surface area (Å²) in [7, 11) is 0. The topological polar surface area (TPSA) is 88.1 Å². The van der Waals surface area contributed by atoms with Gasteiger partial charge in [0.2, 0.25) is 0 Å². The molecule has 178 valence electrons. The van der Waals surface area contributed by atoms with Crippen LogP contribution in [0.2, 0.25) is 0 Å². The molecular weight excluding hydrogens is 427 g/mol. The van der Waals surface area contributed by atoms with Gasteiger partial charge in [0, 0.05) is 26.1 Å². The maximum absolute atomic E-state index is 13.0. The van der Waals surface area contributed by atoms with E-state index in [4.69, 9.17) is 9.47 Å². The second-order valence-corrected chi connectivity index (χ2v) is 8.15. The van der Waals surface area contributed by atoms with Crippen LogP contribution >= 0.6 is 0 Å². The first-order valence-corrected chi connectivity index (χ1v) is 11.3. The minimum Gasteiger partial charge on any atom is -0.492 e. The minimum atomic E-state index is -0.981. The van der Waals surface area contributed by atoms with Crippen LogP contribution in [-0.2, 0) is 22.5 Å². The Kier molecular flexibility index (Phi) is 9.06. The maximum atomic E-state index is 13.0. The number of nitrogens with one attached hydrogen (secondary N) is 1. The van der Waals surface area contributed by atoms with Gasteiger partial charge in [-0.2, -0.15) is 0 Å². The molecule has 1 unspecified atom stereocenters. The molecule has 1 aliphatic rings. The number of rotatable bonds is 13. The Morgan fingerprint density at radius 1 is 1.12 bits per heavy atom. The van der Waals surface area contributed by atoms with Crippen molar-refractivity contribution in [2.45, 2.75) is 38.8 Å². The highest BCUT2D eigenvalue weighted by molar-refractivity contribution is 5.74. The lowest BCUT2D eigenvalue weighted by Gasteiger charge is -2.23. The normalized spacial score (nSPS) is 13.9. The van der Waals surface area contributed by atoms with Crippen molar-refractivity contribution in [1.29, 1.82) is 0 Å². The van der Waals surface area contributed by atoms with Crippen LogP contribution in [0.3, 0.4) is 0 Å². The third-order valence-electron chi connectivity index (χ3n) is 5.44. The van der Waals surface area contributed by atoms with Crippen molar-refractivity contribution < 1.29 is 28.6 Å². The summed E-state index contributed by atoms with van der Waals surface area (Å²) in [6.45, 7) is 3.91. The smallest absolute Gasteiger partial charge is 0.333 e. The lowest BCUT2D eigenvalue weighted by Crippen LogP contribution is -2.42. The standard InChI is InChI=1S/C25H31FN2O5/c1-2-32-23(24(29)30)15-18-7-11-22(12-8-18)33-14-13-28(17-20-3-4-20)25(31)27-16-19-5-9-21(26)10-6-19/h5-12,20,23H,2-4,13-17H2,1H3,(H,27,31)(H,29,30). The summed E-state index contributed by atoms with van der Waals surface area (Å²) in [6.07, 6.45) is 1.67. The number of aliphatic carboxylic acids is 1. The molecule has 7 nitrogen and oxygen atoms in total. The summed E-state index contributed by atoms with van der Waals surface area (Å²) in [4.78, 5) is 25.7. The number of benzene rings is 2. The summed E-state index contributed by atoms with van der Waals surface area (Å²) >= 11 is 0. The first-order chi connectivity index (χ1) is 15.9. The van der Waals surface area contributed by atoms with E-state index in [1.807, 2.05) is 12.1 Å². The Morgan fingerprint density at radius 2 is 1.79 bits per heavy atom. The predicted octanol–water partition coefficient (Wildman–Crippen LogP) is 3.86. The average molecular weight is 459 g/mol. The number of urea groups is 1. The number of hydrogen-bond acceptors (Lipinski definition) is 4. The Balaban J connectivity index is 1.46. The molecule has 1 aliphatic carbocycles.